The summed E-state index contributed by atoms with van der Waals surface area (Å²) in [6.45, 7) is 6.19. The molecule has 5 nitrogen and oxygen atoms in total. The molecule has 0 bridgehead atoms. The first-order chi connectivity index (χ1) is 11.8. The molecule has 1 saturated heterocycles. The lowest BCUT2D eigenvalue weighted by molar-refractivity contribution is -0.00218. The van der Waals surface area contributed by atoms with Gasteiger partial charge in [0.2, 0.25) is 0 Å². The van der Waals surface area contributed by atoms with Crippen LogP contribution in [0.4, 0.5) is 0 Å². The zero-order chi connectivity index (χ0) is 16.4. The van der Waals surface area contributed by atoms with E-state index in [4.69, 9.17) is 14.5 Å². The maximum Gasteiger partial charge on any atom is 0.135 e. The van der Waals surface area contributed by atoms with Crippen LogP contribution in [-0.2, 0) is 22.6 Å². The highest BCUT2D eigenvalue weighted by Crippen LogP contribution is 2.22. The van der Waals surface area contributed by atoms with Gasteiger partial charge in [0, 0.05) is 37.6 Å². The minimum Gasteiger partial charge on any atom is -0.381 e. The number of benzene rings is 1. The molecule has 2 aliphatic rings. The summed E-state index contributed by atoms with van der Waals surface area (Å²) in [5, 5.41) is 3.63. The topological polar surface area (TPSA) is 48.3 Å². The highest BCUT2D eigenvalue weighted by Gasteiger charge is 2.22. The summed E-state index contributed by atoms with van der Waals surface area (Å²) >= 11 is 0. The SMILES string of the molecule is Cc1ccc(-c2cn3c(n2)CO[C@@H](CNC2CCOCC2)C3)cc1. The van der Waals surface area contributed by atoms with Crippen molar-refractivity contribution in [2.45, 2.75) is 45.1 Å². The molecule has 128 valence electrons. The van der Waals surface area contributed by atoms with E-state index in [0.717, 1.165) is 50.7 Å². The van der Waals surface area contributed by atoms with Gasteiger partial charge >= 0.3 is 0 Å². The molecule has 0 amide bonds. The van der Waals surface area contributed by atoms with Crippen LogP contribution in [0.5, 0.6) is 0 Å². The van der Waals surface area contributed by atoms with Gasteiger partial charge < -0.3 is 19.4 Å². The quantitative estimate of drug-likeness (QED) is 0.937. The standard InChI is InChI=1S/C19H25N3O2/c1-14-2-4-15(5-3-14)18-12-22-11-17(24-13-19(22)21-18)10-20-16-6-8-23-9-7-16/h2-5,12,16-17,20H,6-11,13H2,1H3/t17-/m0/s1. The number of hydrogen-bond acceptors (Lipinski definition) is 4. The molecule has 0 aliphatic carbocycles. The second-order valence-corrected chi connectivity index (χ2v) is 6.79. The fourth-order valence-electron chi connectivity index (χ4n) is 3.38. The van der Waals surface area contributed by atoms with Crippen molar-refractivity contribution in [3.8, 4) is 11.3 Å². The highest BCUT2D eigenvalue weighted by atomic mass is 16.5. The first-order valence-corrected chi connectivity index (χ1v) is 8.84. The van der Waals surface area contributed by atoms with Crippen molar-refractivity contribution in [1.82, 2.24) is 14.9 Å². The van der Waals surface area contributed by atoms with Crippen molar-refractivity contribution < 1.29 is 9.47 Å². The van der Waals surface area contributed by atoms with Gasteiger partial charge in [-0.05, 0) is 19.8 Å². The Hall–Kier alpha value is -1.69. The molecule has 1 atom stereocenters. The third kappa shape index (κ3) is 3.53. The van der Waals surface area contributed by atoms with Crippen molar-refractivity contribution in [2.75, 3.05) is 19.8 Å². The molecule has 2 aliphatic heterocycles. The third-order valence-corrected chi connectivity index (χ3v) is 4.91. The summed E-state index contributed by atoms with van der Waals surface area (Å²) in [7, 11) is 0. The number of imidazole rings is 1. The largest absolute Gasteiger partial charge is 0.381 e. The molecule has 0 spiro atoms. The van der Waals surface area contributed by atoms with E-state index in [1.807, 2.05) is 0 Å². The molecular formula is C19H25N3O2. The van der Waals surface area contributed by atoms with Crippen molar-refractivity contribution in [3.63, 3.8) is 0 Å². The summed E-state index contributed by atoms with van der Waals surface area (Å²) < 4.78 is 13.6. The van der Waals surface area contributed by atoms with Crippen LogP contribution >= 0.6 is 0 Å². The van der Waals surface area contributed by atoms with Gasteiger partial charge in [-0.15, -0.1) is 0 Å². The summed E-state index contributed by atoms with van der Waals surface area (Å²) in [6, 6.07) is 9.09. The Morgan fingerprint density at radius 3 is 2.79 bits per heavy atom. The summed E-state index contributed by atoms with van der Waals surface area (Å²) in [5.41, 5.74) is 3.47. The molecule has 1 fully saturated rings. The number of nitrogens with one attached hydrogen (secondary N) is 1. The second-order valence-electron chi connectivity index (χ2n) is 6.79. The van der Waals surface area contributed by atoms with Crippen LogP contribution in [0.2, 0.25) is 0 Å². The number of fused-ring (bicyclic) bond motifs is 1. The zero-order valence-corrected chi connectivity index (χ0v) is 14.2. The first kappa shape index (κ1) is 15.8. The Kier molecular flexibility index (Phi) is 4.65. The molecule has 3 heterocycles. The fourth-order valence-corrected chi connectivity index (χ4v) is 3.38. The fraction of sp³-hybridized carbons (Fsp3) is 0.526. The molecule has 24 heavy (non-hydrogen) atoms. The van der Waals surface area contributed by atoms with Gasteiger partial charge in [-0.1, -0.05) is 29.8 Å². The van der Waals surface area contributed by atoms with Crippen molar-refractivity contribution in [3.05, 3.63) is 41.9 Å². The number of hydrogen-bond donors (Lipinski definition) is 1. The molecule has 1 N–H and O–H groups in total. The lowest BCUT2D eigenvalue weighted by Gasteiger charge is -2.28. The van der Waals surface area contributed by atoms with Crippen LogP contribution in [0.3, 0.4) is 0 Å². The van der Waals surface area contributed by atoms with E-state index in [-0.39, 0.29) is 6.10 Å². The molecular weight excluding hydrogens is 302 g/mol. The first-order valence-electron chi connectivity index (χ1n) is 8.84. The molecule has 0 radical (unpaired) electrons. The Balaban J connectivity index is 1.38. The number of aromatic nitrogens is 2. The minimum absolute atomic E-state index is 0.209. The van der Waals surface area contributed by atoms with Crippen LogP contribution in [0.15, 0.2) is 30.5 Å². The molecule has 2 aromatic rings. The van der Waals surface area contributed by atoms with Crippen LogP contribution in [0.1, 0.15) is 24.2 Å². The monoisotopic (exact) mass is 327 g/mol. The lowest BCUT2D eigenvalue weighted by Crippen LogP contribution is -2.42. The predicted octanol–water partition coefficient (Wildman–Crippen LogP) is 2.53. The highest BCUT2D eigenvalue weighted by molar-refractivity contribution is 5.59. The van der Waals surface area contributed by atoms with E-state index >= 15 is 0 Å². The van der Waals surface area contributed by atoms with Crippen molar-refractivity contribution in [2.24, 2.45) is 0 Å². The lowest BCUT2D eigenvalue weighted by atomic mass is 10.1. The van der Waals surface area contributed by atoms with Crippen molar-refractivity contribution in [1.29, 1.82) is 0 Å². The Morgan fingerprint density at radius 1 is 1.21 bits per heavy atom. The van der Waals surface area contributed by atoms with Gasteiger partial charge in [-0.2, -0.15) is 0 Å². The predicted molar refractivity (Wildman–Crippen MR) is 92.8 cm³/mol. The average Bonchev–Trinajstić information content (AvgIpc) is 3.05. The number of nitrogens with zero attached hydrogens (tertiary/aromatic N) is 2. The molecule has 4 rings (SSSR count). The van der Waals surface area contributed by atoms with E-state index in [9.17, 15) is 0 Å². The maximum atomic E-state index is 5.99. The van der Waals surface area contributed by atoms with E-state index in [1.165, 1.54) is 11.1 Å². The molecule has 0 unspecified atom stereocenters. The molecule has 1 aromatic carbocycles. The second kappa shape index (κ2) is 7.05. The number of ether oxygens (including phenoxy) is 2. The van der Waals surface area contributed by atoms with Crippen LogP contribution in [0.25, 0.3) is 11.3 Å². The minimum atomic E-state index is 0.209. The Bertz CT molecular complexity index is 674. The summed E-state index contributed by atoms with van der Waals surface area (Å²) in [5.74, 6) is 1.02. The third-order valence-electron chi connectivity index (χ3n) is 4.91. The van der Waals surface area contributed by atoms with E-state index in [2.05, 4.69) is 47.3 Å². The van der Waals surface area contributed by atoms with Crippen molar-refractivity contribution >= 4 is 0 Å². The molecule has 1 aromatic heterocycles. The Labute approximate surface area is 143 Å². The Morgan fingerprint density at radius 2 is 2.00 bits per heavy atom. The maximum absolute atomic E-state index is 5.99. The normalized spacial score (nSPS) is 21.6. The number of aryl methyl sites for hydroxylation is 1. The summed E-state index contributed by atoms with van der Waals surface area (Å²) in [6.07, 6.45) is 4.56. The average molecular weight is 327 g/mol. The zero-order valence-electron chi connectivity index (χ0n) is 14.2. The van der Waals surface area contributed by atoms with Gasteiger partial charge in [0.15, 0.2) is 0 Å². The van der Waals surface area contributed by atoms with Gasteiger partial charge in [-0.25, -0.2) is 4.98 Å². The van der Waals surface area contributed by atoms with E-state index in [0.29, 0.717) is 12.6 Å². The van der Waals surface area contributed by atoms with E-state index < -0.39 is 0 Å². The summed E-state index contributed by atoms with van der Waals surface area (Å²) in [4.78, 5) is 4.74. The van der Waals surface area contributed by atoms with Gasteiger partial charge in [0.05, 0.1) is 18.3 Å². The van der Waals surface area contributed by atoms with Gasteiger partial charge in [-0.3, -0.25) is 0 Å². The molecule has 5 heteroatoms. The smallest absolute Gasteiger partial charge is 0.135 e. The van der Waals surface area contributed by atoms with Gasteiger partial charge in [0.1, 0.15) is 12.4 Å². The van der Waals surface area contributed by atoms with Crippen LogP contribution < -0.4 is 5.32 Å². The van der Waals surface area contributed by atoms with Gasteiger partial charge in [0.25, 0.3) is 0 Å². The van der Waals surface area contributed by atoms with Crippen LogP contribution in [-0.4, -0.2) is 41.5 Å². The van der Waals surface area contributed by atoms with E-state index in [1.54, 1.807) is 0 Å². The van der Waals surface area contributed by atoms with Crippen LogP contribution in [0, 0.1) is 6.92 Å². The molecule has 0 saturated carbocycles. The number of rotatable bonds is 4.